The summed E-state index contributed by atoms with van der Waals surface area (Å²) in [6.45, 7) is 4.45. The Bertz CT molecular complexity index is 1340. The first-order valence-corrected chi connectivity index (χ1v) is 13.3. The van der Waals surface area contributed by atoms with Crippen molar-refractivity contribution in [3.8, 4) is 0 Å². The van der Waals surface area contributed by atoms with Gasteiger partial charge in [-0.05, 0) is 56.5 Å². The Hall–Kier alpha value is -3.23. The molecule has 1 N–H and O–H groups in total. The van der Waals surface area contributed by atoms with Crippen LogP contribution in [-0.2, 0) is 21.7 Å². The van der Waals surface area contributed by atoms with Crippen LogP contribution in [0.1, 0.15) is 36.9 Å². The fourth-order valence-corrected chi connectivity index (χ4v) is 7.29. The van der Waals surface area contributed by atoms with Crippen LogP contribution in [0.15, 0.2) is 54.7 Å². The predicted molar refractivity (Wildman–Crippen MR) is 136 cm³/mol. The lowest BCUT2D eigenvalue weighted by atomic mass is 9.78. The van der Waals surface area contributed by atoms with Crippen molar-refractivity contribution < 1.29 is 9.59 Å². The van der Waals surface area contributed by atoms with Crippen LogP contribution in [0.2, 0.25) is 0 Å². The van der Waals surface area contributed by atoms with Gasteiger partial charge in [0.1, 0.15) is 5.54 Å². The molecule has 8 heteroatoms. The molecule has 36 heavy (non-hydrogen) atoms. The van der Waals surface area contributed by atoms with Gasteiger partial charge in [0.25, 0.3) is 5.91 Å². The van der Waals surface area contributed by atoms with Gasteiger partial charge >= 0.3 is 0 Å². The van der Waals surface area contributed by atoms with E-state index in [1.807, 2.05) is 33.8 Å². The molecule has 4 aliphatic heterocycles. The summed E-state index contributed by atoms with van der Waals surface area (Å²) in [6, 6.07) is 16.7. The zero-order valence-corrected chi connectivity index (χ0v) is 20.5. The number of para-hydroxylation sites is 1. The Balaban J connectivity index is 1.26. The first kappa shape index (κ1) is 22.0. The van der Waals surface area contributed by atoms with Gasteiger partial charge in [-0.1, -0.05) is 24.3 Å². The average Bonchev–Trinajstić information content (AvgIpc) is 3.65. The molecule has 0 radical (unpaired) electrons. The van der Waals surface area contributed by atoms with Crippen LogP contribution in [0.3, 0.4) is 0 Å². The highest BCUT2D eigenvalue weighted by Gasteiger charge is 2.67. The number of pyridine rings is 1. The van der Waals surface area contributed by atoms with E-state index >= 15 is 0 Å². The monoisotopic (exact) mass is 484 g/mol. The third-order valence-electron chi connectivity index (χ3n) is 8.81. The van der Waals surface area contributed by atoms with Crippen molar-refractivity contribution >= 4 is 23.0 Å². The highest BCUT2D eigenvalue weighted by atomic mass is 16.2. The molecule has 1 aromatic carbocycles. The third-order valence-corrected chi connectivity index (χ3v) is 8.81. The largest absolute Gasteiger partial charge is 0.356 e. The van der Waals surface area contributed by atoms with Crippen molar-refractivity contribution in [3.05, 3.63) is 66.0 Å². The number of hydrogen-bond donors (Lipinski definition) is 1. The smallest absolute Gasteiger partial charge is 0.253 e. The Morgan fingerprint density at radius 1 is 0.972 bits per heavy atom. The van der Waals surface area contributed by atoms with Crippen LogP contribution < -0.4 is 10.2 Å². The van der Waals surface area contributed by atoms with Gasteiger partial charge < -0.3 is 10.2 Å². The van der Waals surface area contributed by atoms with E-state index < -0.39 is 5.54 Å². The van der Waals surface area contributed by atoms with E-state index in [1.165, 1.54) is 0 Å². The molecule has 0 aliphatic carbocycles. The summed E-state index contributed by atoms with van der Waals surface area (Å²) >= 11 is 0. The summed E-state index contributed by atoms with van der Waals surface area (Å²) in [7, 11) is 0. The number of anilines is 1. The number of hydrogen-bond acceptors (Lipinski definition) is 5. The molecule has 2 amide bonds. The minimum Gasteiger partial charge on any atom is -0.356 e. The number of amides is 2. The molecule has 186 valence electrons. The summed E-state index contributed by atoms with van der Waals surface area (Å²) in [5, 5.41) is 7.73. The van der Waals surface area contributed by atoms with E-state index in [2.05, 4.69) is 50.5 Å². The van der Waals surface area contributed by atoms with E-state index in [4.69, 9.17) is 0 Å². The van der Waals surface area contributed by atoms with Gasteiger partial charge in [-0.25, -0.2) is 4.52 Å². The molecular weight excluding hydrogens is 452 g/mol. The van der Waals surface area contributed by atoms with Gasteiger partial charge in [-0.2, -0.15) is 5.10 Å². The standard InChI is InChI=1S/C28H32N6O2/c35-26-24-18-21-8-4-15-33(21)28(24)23-9-1-2-10-25(23)32(27(28)36)17-16-31(14-5-12-29-26)19-22-7-3-6-20-11-13-30-34(20)22/h1-3,6-7,9-11,13,21,24H,4-5,8,12,14-19H2,(H,29,35)/t21-,24+,28+/m0/s1. The van der Waals surface area contributed by atoms with E-state index in [0.717, 1.165) is 74.3 Å². The molecule has 4 aliphatic rings. The molecule has 6 heterocycles. The molecule has 2 bridgehead atoms. The second-order valence-corrected chi connectivity index (χ2v) is 10.6. The van der Waals surface area contributed by atoms with Gasteiger partial charge in [0, 0.05) is 56.2 Å². The van der Waals surface area contributed by atoms with E-state index in [1.54, 1.807) is 0 Å². The molecule has 2 aromatic heterocycles. The highest BCUT2D eigenvalue weighted by Crippen LogP contribution is 2.57. The first-order valence-electron chi connectivity index (χ1n) is 13.3. The molecule has 3 fully saturated rings. The Morgan fingerprint density at radius 3 is 2.83 bits per heavy atom. The Morgan fingerprint density at radius 2 is 1.89 bits per heavy atom. The van der Waals surface area contributed by atoms with E-state index in [0.29, 0.717) is 19.1 Å². The molecule has 3 atom stereocenters. The molecule has 0 saturated carbocycles. The molecule has 7 rings (SSSR count). The quantitative estimate of drug-likeness (QED) is 0.605. The average molecular weight is 485 g/mol. The zero-order valence-electron chi connectivity index (χ0n) is 20.5. The van der Waals surface area contributed by atoms with Crippen LogP contribution in [0.4, 0.5) is 5.69 Å². The SMILES string of the molecule is O=C1NCCCN(Cc2cccc3ccnn23)CCN2C(=O)[C@@]3(c4ccccc42)[C@@H]1C[C@@H]1CCCN13. The van der Waals surface area contributed by atoms with Crippen molar-refractivity contribution in [2.45, 2.75) is 43.8 Å². The van der Waals surface area contributed by atoms with Gasteiger partial charge in [-0.15, -0.1) is 0 Å². The number of rotatable bonds is 2. The third kappa shape index (κ3) is 3.10. The lowest BCUT2D eigenvalue weighted by molar-refractivity contribution is -0.139. The summed E-state index contributed by atoms with van der Waals surface area (Å²) < 4.78 is 1.99. The van der Waals surface area contributed by atoms with Crippen molar-refractivity contribution in [2.75, 3.05) is 37.6 Å². The van der Waals surface area contributed by atoms with Gasteiger partial charge in [0.2, 0.25) is 5.91 Å². The van der Waals surface area contributed by atoms with Crippen molar-refractivity contribution in [3.63, 3.8) is 0 Å². The molecule has 3 saturated heterocycles. The number of nitrogens with one attached hydrogen (secondary N) is 1. The summed E-state index contributed by atoms with van der Waals surface area (Å²) in [5.74, 6) is -0.222. The lowest BCUT2D eigenvalue weighted by Crippen LogP contribution is -2.57. The van der Waals surface area contributed by atoms with E-state index in [-0.39, 0.29) is 17.7 Å². The summed E-state index contributed by atoms with van der Waals surface area (Å²) in [6.07, 6.45) is 5.61. The number of fused-ring (bicyclic) bond motifs is 5. The second kappa shape index (κ2) is 8.42. The fraction of sp³-hybridized carbons (Fsp3) is 0.464. The lowest BCUT2D eigenvalue weighted by Gasteiger charge is -2.38. The maximum Gasteiger partial charge on any atom is 0.253 e. The number of nitrogens with zero attached hydrogens (tertiary/aromatic N) is 5. The topological polar surface area (TPSA) is 73.2 Å². The maximum atomic E-state index is 14.4. The van der Waals surface area contributed by atoms with Gasteiger partial charge in [0.15, 0.2) is 0 Å². The Kier molecular flexibility index (Phi) is 5.15. The van der Waals surface area contributed by atoms with Crippen LogP contribution in [0.25, 0.3) is 5.52 Å². The zero-order chi connectivity index (χ0) is 24.3. The summed E-state index contributed by atoms with van der Waals surface area (Å²) in [5.41, 5.74) is 3.32. The van der Waals surface area contributed by atoms with Gasteiger partial charge in [-0.3, -0.25) is 19.4 Å². The summed E-state index contributed by atoms with van der Waals surface area (Å²) in [4.78, 5) is 34.8. The molecule has 8 nitrogen and oxygen atoms in total. The van der Waals surface area contributed by atoms with Crippen LogP contribution in [-0.4, -0.2) is 70.0 Å². The van der Waals surface area contributed by atoms with Crippen molar-refractivity contribution in [2.24, 2.45) is 5.92 Å². The number of aromatic nitrogens is 2. The second-order valence-electron chi connectivity index (χ2n) is 10.6. The predicted octanol–water partition coefficient (Wildman–Crippen LogP) is 2.38. The van der Waals surface area contributed by atoms with E-state index in [9.17, 15) is 9.59 Å². The molecule has 1 spiro atoms. The minimum absolute atomic E-state index is 0.0304. The normalized spacial score (nSPS) is 28.9. The highest BCUT2D eigenvalue weighted by molar-refractivity contribution is 6.10. The molecule has 3 aromatic rings. The Labute approximate surface area is 210 Å². The number of benzene rings is 1. The molecule has 0 unspecified atom stereocenters. The van der Waals surface area contributed by atoms with Crippen LogP contribution >= 0.6 is 0 Å². The van der Waals surface area contributed by atoms with Crippen molar-refractivity contribution in [1.82, 2.24) is 24.7 Å². The number of carbonyl (C=O) groups excluding carboxylic acids is 2. The van der Waals surface area contributed by atoms with Gasteiger partial charge in [0.05, 0.1) is 17.1 Å². The molecular formula is C28H32N6O2. The fourth-order valence-electron chi connectivity index (χ4n) is 7.29. The van der Waals surface area contributed by atoms with Crippen LogP contribution in [0, 0.1) is 5.92 Å². The minimum atomic E-state index is -0.869. The number of carbonyl (C=O) groups is 2. The first-order chi connectivity index (χ1) is 17.7. The van der Waals surface area contributed by atoms with Crippen LogP contribution in [0.5, 0.6) is 0 Å². The van der Waals surface area contributed by atoms with Crippen molar-refractivity contribution in [1.29, 1.82) is 0 Å². The maximum absolute atomic E-state index is 14.4.